The second kappa shape index (κ2) is 5.78. The van der Waals surface area contributed by atoms with Gasteiger partial charge in [-0.15, -0.1) is 0 Å². The molecule has 2 rings (SSSR count). The lowest BCUT2D eigenvalue weighted by Crippen LogP contribution is -2.08. The first kappa shape index (κ1) is 14.1. The highest BCUT2D eigenvalue weighted by atomic mass is 16.5. The number of ether oxygens (including phenoxy) is 1. The molecule has 104 valence electrons. The highest BCUT2D eigenvalue weighted by molar-refractivity contribution is 5.90. The van der Waals surface area contributed by atoms with E-state index in [2.05, 4.69) is 0 Å². The molecule has 2 aromatic rings. The van der Waals surface area contributed by atoms with E-state index < -0.39 is 0 Å². The van der Waals surface area contributed by atoms with Gasteiger partial charge in [0, 0.05) is 5.69 Å². The minimum atomic E-state index is -0.348. The van der Waals surface area contributed by atoms with Crippen LogP contribution in [0.15, 0.2) is 36.4 Å². The van der Waals surface area contributed by atoms with Crippen molar-refractivity contribution in [1.82, 2.24) is 0 Å². The van der Waals surface area contributed by atoms with Crippen LogP contribution in [0.5, 0.6) is 0 Å². The lowest BCUT2D eigenvalue weighted by molar-refractivity contribution is 0.0471. The molecule has 0 fully saturated rings. The standard InChI is InChI=1S/C17H19NO2/c1-11-5-4-6-12(2)15(11)10-20-17(19)14-8-7-13(3)16(18)9-14/h4-9H,10,18H2,1-3H3. The van der Waals surface area contributed by atoms with E-state index in [-0.39, 0.29) is 12.6 Å². The van der Waals surface area contributed by atoms with Gasteiger partial charge >= 0.3 is 5.97 Å². The van der Waals surface area contributed by atoms with Crippen LogP contribution in [-0.4, -0.2) is 5.97 Å². The molecule has 0 unspecified atom stereocenters. The Hall–Kier alpha value is -2.29. The molecule has 20 heavy (non-hydrogen) atoms. The summed E-state index contributed by atoms with van der Waals surface area (Å²) < 4.78 is 5.38. The largest absolute Gasteiger partial charge is 0.457 e. The number of carbonyl (C=O) groups excluding carboxylic acids is 1. The Morgan fingerprint density at radius 1 is 1.05 bits per heavy atom. The van der Waals surface area contributed by atoms with E-state index >= 15 is 0 Å². The molecular weight excluding hydrogens is 250 g/mol. The van der Waals surface area contributed by atoms with Crippen molar-refractivity contribution in [3.8, 4) is 0 Å². The van der Waals surface area contributed by atoms with Crippen molar-refractivity contribution in [2.24, 2.45) is 0 Å². The van der Waals surface area contributed by atoms with Crippen LogP contribution in [0.1, 0.15) is 32.6 Å². The molecule has 0 atom stereocenters. The maximum absolute atomic E-state index is 12.0. The predicted molar refractivity (Wildman–Crippen MR) is 80.6 cm³/mol. The number of hydrogen-bond acceptors (Lipinski definition) is 3. The van der Waals surface area contributed by atoms with Crippen LogP contribution in [0.3, 0.4) is 0 Å². The number of hydrogen-bond donors (Lipinski definition) is 1. The van der Waals surface area contributed by atoms with Gasteiger partial charge in [0.15, 0.2) is 0 Å². The number of anilines is 1. The summed E-state index contributed by atoms with van der Waals surface area (Å²) in [5.41, 5.74) is 11.2. The van der Waals surface area contributed by atoms with Crippen LogP contribution < -0.4 is 5.73 Å². The van der Waals surface area contributed by atoms with Crippen molar-refractivity contribution >= 4 is 11.7 Å². The Morgan fingerprint density at radius 2 is 1.70 bits per heavy atom. The van der Waals surface area contributed by atoms with Gasteiger partial charge in [-0.3, -0.25) is 0 Å². The molecule has 0 saturated carbocycles. The summed E-state index contributed by atoms with van der Waals surface area (Å²) >= 11 is 0. The Balaban J connectivity index is 2.11. The van der Waals surface area contributed by atoms with Crippen molar-refractivity contribution in [3.05, 3.63) is 64.2 Å². The van der Waals surface area contributed by atoms with Crippen LogP contribution in [0.4, 0.5) is 5.69 Å². The summed E-state index contributed by atoms with van der Waals surface area (Å²) in [5.74, 6) is -0.348. The molecule has 0 aliphatic carbocycles. The summed E-state index contributed by atoms with van der Waals surface area (Å²) in [5, 5.41) is 0. The number of nitrogen functional groups attached to an aromatic ring is 1. The van der Waals surface area contributed by atoms with Crippen molar-refractivity contribution in [3.63, 3.8) is 0 Å². The molecule has 0 radical (unpaired) electrons. The zero-order valence-electron chi connectivity index (χ0n) is 12.1. The second-order valence-corrected chi connectivity index (χ2v) is 5.02. The molecule has 0 aliphatic heterocycles. The molecule has 0 spiro atoms. The lowest BCUT2D eigenvalue weighted by Gasteiger charge is -2.11. The van der Waals surface area contributed by atoms with Gasteiger partial charge in [0.05, 0.1) is 5.56 Å². The number of rotatable bonds is 3. The van der Waals surface area contributed by atoms with Crippen LogP contribution in [-0.2, 0) is 11.3 Å². The second-order valence-electron chi connectivity index (χ2n) is 5.02. The number of benzene rings is 2. The van der Waals surface area contributed by atoms with Crippen molar-refractivity contribution in [2.45, 2.75) is 27.4 Å². The predicted octanol–water partition coefficient (Wildman–Crippen LogP) is 3.55. The van der Waals surface area contributed by atoms with Crippen LogP contribution >= 0.6 is 0 Å². The maximum atomic E-state index is 12.0. The Kier molecular flexibility index (Phi) is 4.08. The molecular formula is C17H19NO2. The van der Waals surface area contributed by atoms with Gasteiger partial charge in [0.1, 0.15) is 6.61 Å². The van der Waals surface area contributed by atoms with Crippen molar-refractivity contribution in [2.75, 3.05) is 5.73 Å². The molecule has 3 nitrogen and oxygen atoms in total. The van der Waals surface area contributed by atoms with Gasteiger partial charge in [-0.2, -0.15) is 0 Å². The average molecular weight is 269 g/mol. The van der Waals surface area contributed by atoms with Crippen LogP contribution in [0.25, 0.3) is 0 Å². The Labute approximate surface area is 119 Å². The SMILES string of the molecule is Cc1ccc(C(=O)OCc2c(C)cccc2C)cc1N. The third-order valence-electron chi connectivity index (χ3n) is 3.51. The molecule has 2 aromatic carbocycles. The molecule has 3 heteroatoms. The summed E-state index contributed by atoms with van der Waals surface area (Å²) in [6.07, 6.45) is 0. The number of aryl methyl sites for hydroxylation is 3. The van der Waals surface area contributed by atoms with Gasteiger partial charge in [0.25, 0.3) is 0 Å². The third-order valence-corrected chi connectivity index (χ3v) is 3.51. The molecule has 0 bridgehead atoms. The summed E-state index contributed by atoms with van der Waals surface area (Å²) in [7, 11) is 0. The summed E-state index contributed by atoms with van der Waals surface area (Å²) in [6, 6.07) is 11.2. The minimum Gasteiger partial charge on any atom is -0.457 e. The Bertz CT molecular complexity index is 627. The van der Waals surface area contributed by atoms with Crippen LogP contribution in [0, 0.1) is 20.8 Å². The van der Waals surface area contributed by atoms with E-state index in [1.165, 1.54) is 0 Å². The van der Waals surface area contributed by atoms with Gasteiger partial charge in [-0.05, 0) is 55.2 Å². The fourth-order valence-corrected chi connectivity index (χ4v) is 2.07. The van der Waals surface area contributed by atoms with Gasteiger partial charge in [0.2, 0.25) is 0 Å². The van der Waals surface area contributed by atoms with E-state index in [0.29, 0.717) is 11.3 Å². The molecule has 0 heterocycles. The van der Waals surface area contributed by atoms with Crippen LogP contribution in [0.2, 0.25) is 0 Å². The third kappa shape index (κ3) is 2.99. The number of esters is 1. The topological polar surface area (TPSA) is 52.3 Å². The molecule has 0 aliphatic rings. The minimum absolute atomic E-state index is 0.283. The zero-order valence-corrected chi connectivity index (χ0v) is 12.1. The van der Waals surface area contributed by atoms with Gasteiger partial charge in [-0.1, -0.05) is 24.3 Å². The molecule has 2 N–H and O–H groups in total. The van der Waals surface area contributed by atoms with Gasteiger partial charge < -0.3 is 10.5 Å². The van der Waals surface area contributed by atoms with Gasteiger partial charge in [-0.25, -0.2) is 4.79 Å². The smallest absolute Gasteiger partial charge is 0.338 e. The van der Waals surface area contributed by atoms with E-state index in [1.807, 2.05) is 45.0 Å². The average Bonchev–Trinajstić information content (AvgIpc) is 2.41. The summed E-state index contributed by atoms with van der Waals surface area (Å²) in [6.45, 7) is 6.21. The van der Waals surface area contributed by atoms with E-state index in [4.69, 9.17) is 10.5 Å². The fourth-order valence-electron chi connectivity index (χ4n) is 2.07. The number of nitrogens with two attached hydrogens (primary N) is 1. The number of carbonyl (C=O) groups is 1. The maximum Gasteiger partial charge on any atom is 0.338 e. The highest BCUT2D eigenvalue weighted by Crippen LogP contribution is 2.17. The van der Waals surface area contributed by atoms with Crippen molar-refractivity contribution < 1.29 is 9.53 Å². The molecule has 0 saturated heterocycles. The monoisotopic (exact) mass is 269 g/mol. The fraction of sp³-hybridized carbons (Fsp3) is 0.235. The normalized spacial score (nSPS) is 10.3. The van der Waals surface area contributed by atoms with E-state index in [1.54, 1.807) is 12.1 Å². The summed E-state index contributed by atoms with van der Waals surface area (Å²) in [4.78, 5) is 12.0. The van der Waals surface area contributed by atoms with Crippen molar-refractivity contribution in [1.29, 1.82) is 0 Å². The molecule has 0 aromatic heterocycles. The quantitative estimate of drug-likeness (QED) is 0.684. The first-order chi connectivity index (χ1) is 9.49. The highest BCUT2D eigenvalue weighted by Gasteiger charge is 2.10. The van der Waals surface area contributed by atoms with E-state index in [0.717, 1.165) is 22.3 Å². The first-order valence-corrected chi connectivity index (χ1v) is 6.57. The first-order valence-electron chi connectivity index (χ1n) is 6.57. The molecule has 0 amide bonds. The lowest BCUT2D eigenvalue weighted by atomic mass is 10.0. The zero-order chi connectivity index (χ0) is 14.7. The van der Waals surface area contributed by atoms with E-state index in [9.17, 15) is 4.79 Å². The Morgan fingerprint density at radius 3 is 2.30 bits per heavy atom.